The lowest BCUT2D eigenvalue weighted by molar-refractivity contribution is 0.312. The maximum atomic E-state index is 3.87. The first kappa shape index (κ1) is 22.6. The van der Waals surface area contributed by atoms with Crippen LogP contribution in [0.3, 0.4) is 0 Å². The molecule has 0 radical (unpaired) electrons. The van der Waals surface area contributed by atoms with Gasteiger partial charge in [-0.1, -0.05) is 72.8 Å². The van der Waals surface area contributed by atoms with Crippen molar-refractivity contribution in [2.24, 2.45) is 5.92 Å². The highest BCUT2D eigenvalue weighted by Gasteiger charge is 2.21. The van der Waals surface area contributed by atoms with Gasteiger partial charge in [0, 0.05) is 0 Å². The smallest absolute Gasteiger partial charge is 0.0162 e. The Balaban J connectivity index is 1.30. The molecule has 0 unspecified atom stereocenters. The van der Waals surface area contributed by atoms with Crippen LogP contribution in [-0.2, 0) is 19.3 Å². The van der Waals surface area contributed by atoms with Gasteiger partial charge in [0.1, 0.15) is 0 Å². The number of aryl methyl sites for hydroxylation is 3. The number of allylic oxidation sites excluding steroid dienone is 2. The molecular formula is C32H38. The third-order valence-electron chi connectivity index (χ3n) is 7.39. The third-order valence-corrected chi connectivity index (χ3v) is 7.39. The van der Waals surface area contributed by atoms with Gasteiger partial charge >= 0.3 is 0 Å². The van der Waals surface area contributed by atoms with Gasteiger partial charge in [-0.25, -0.2) is 0 Å². The van der Waals surface area contributed by atoms with E-state index in [1.54, 1.807) is 5.56 Å². The van der Waals surface area contributed by atoms with Crippen LogP contribution >= 0.6 is 0 Å². The molecule has 0 heteroatoms. The maximum absolute atomic E-state index is 3.87. The van der Waals surface area contributed by atoms with E-state index in [9.17, 15) is 0 Å². The summed E-state index contributed by atoms with van der Waals surface area (Å²) in [5.74, 6) is 1.69. The van der Waals surface area contributed by atoms with E-state index in [2.05, 4.69) is 79.9 Å². The Morgan fingerprint density at radius 2 is 1.19 bits per heavy atom. The molecule has 0 spiro atoms. The molecule has 32 heavy (non-hydrogen) atoms. The largest absolute Gasteiger partial charge is 0.103 e. The van der Waals surface area contributed by atoms with E-state index in [0.29, 0.717) is 0 Å². The van der Waals surface area contributed by atoms with Gasteiger partial charge in [-0.15, -0.1) is 13.2 Å². The molecule has 0 bridgehead atoms. The van der Waals surface area contributed by atoms with Crippen LogP contribution in [0.2, 0.25) is 0 Å². The highest BCUT2D eigenvalue weighted by Crippen LogP contribution is 2.37. The second-order valence-corrected chi connectivity index (χ2v) is 9.67. The summed E-state index contributed by atoms with van der Waals surface area (Å²) in [6.45, 7) is 7.71. The monoisotopic (exact) mass is 422 g/mol. The molecule has 1 saturated carbocycles. The summed E-state index contributed by atoms with van der Waals surface area (Å²) < 4.78 is 0. The van der Waals surface area contributed by atoms with E-state index in [1.807, 2.05) is 6.08 Å². The van der Waals surface area contributed by atoms with Gasteiger partial charge in [0.15, 0.2) is 0 Å². The average molecular weight is 423 g/mol. The standard InChI is InChI=1S/C32H38/c1-3-5-7-25-11-17-29(18-12-25)30-19-13-26(14-20-30)9-10-28-16-22-31-23-27(8-6-4-2)15-21-32(31)24-28/h3-4,13-16,19-25,29H,1-2,5-12,17-18H2. The van der Waals surface area contributed by atoms with E-state index in [1.165, 1.54) is 66.0 Å². The molecule has 3 aromatic carbocycles. The van der Waals surface area contributed by atoms with Crippen molar-refractivity contribution in [2.75, 3.05) is 0 Å². The summed E-state index contributed by atoms with van der Waals surface area (Å²) in [4.78, 5) is 0. The van der Waals surface area contributed by atoms with Crippen LogP contribution in [0.1, 0.15) is 73.1 Å². The lowest BCUT2D eigenvalue weighted by atomic mass is 9.77. The third kappa shape index (κ3) is 6.00. The van der Waals surface area contributed by atoms with Gasteiger partial charge in [-0.3, -0.25) is 0 Å². The normalized spacial score (nSPS) is 18.5. The van der Waals surface area contributed by atoms with E-state index >= 15 is 0 Å². The molecule has 1 fully saturated rings. The fourth-order valence-corrected chi connectivity index (χ4v) is 5.31. The molecule has 1 aliphatic carbocycles. The maximum Gasteiger partial charge on any atom is -0.0162 e. The highest BCUT2D eigenvalue weighted by atomic mass is 14.3. The zero-order valence-electron chi connectivity index (χ0n) is 19.6. The summed E-state index contributed by atoms with van der Waals surface area (Å²) >= 11 is 0. The van der Waals surface area contributed by atoms with E-state index in [4.69, 9.17) is 0 Å². The molecule has 0 aromatic heterocycles. The number of rotatable bonds is 10. The van der Waals surface area contributed by atoms with Crippen molar-refractivity contribution in [2.45, 2.75) is 70.1 Å². The molecule has 0 aliphatic heterocycles. The minimum Gasteiger partial charge on any atom is -0.103 e. The Bertz CT molecular complexity index is 1020. The number of hydrogen-bond donors (Lipinski definition) is 0. The highest BCUT2D eigenvalue weighted by molar-refractivity contribution is 5.83. The topological polar surface area (TPSA) is 0 Å². The fraction of sp³-hybridized carbons (Fsp3) is 0.375. The molecule has 4 rings (SSSR count). The molecule has 166 valence electrons. The van der Waals surface area contributed by atoms with Crippen molar-refractivity contribution in [1.82, 2.24) is 0 Å². The van der Waals surface area contributed by atoms with Crippen LogP contribution in [-0.4, -0.2) is 0 Å². The van der Waals surface area contributed by atoms with Crippen LogP contribution in [0.4, 0.5) is 0 Å². The Hall–Kier alpha value is -2.60. The Morgan fingerprint density at radius 3 is 1.81 bits per heavy atom. The Morgan fingerprint density at radius 1 is 0.625 bits per heavy atom. The molecule has 0 heterocycles. The fourth-order valence-electron chi connectivity index (χ4n) is 5.31. The van der Waals surface area contributed by atoms with Gasteiger partial charge in [0.25, 0.3) is 0 Å². The predicted molar refractivity (Wildman–Crippen MR) is 140 cm³/mol. The first-order valence-electron chi connectivity index (χ1n) is 12.6. The molecule has 0 nitrogen and oxygen atoms in total. The molecule has 0 atom stereocenters. The van der Waals surface area contributed by atoms with Crippen LogP contribution in [0.15, 0.2) is 86.0 Å². The van der Waals surface area contributed by atoms with Gasteiger partial charge in [0.05, 0.1) is 0 Å². The Labute approximate surface area is 195 Å². The van der Waals surface area contributed by atoms with Crippen LogP contribution in [0, 0.1) is 5.92 Å². The molecule has 0 N–H and O–H groups in total. The van der Waals surface area contributed by atoms with Gasteiger partial charge in [0.2, 0.25) is 0 Å². The SMILES string of the molecule is C=CCCc1ccc2cc(CCc3ccc(C4CCC(CCC=C)CC4)cc3)ccc2c1. The number of benzene rings is 3. The van der Waals surface area contributed by atoms with Crippen molar-refractivity contribution in [3.63, 3.8) is 0 Å². The summed E-state index contributed by atoms with van der Waals surface area (Å²) in [6, 6.07) is 23.4. The van der Waals surface area contributed by atoms with Gasteiger partial charge in [-0.05, 0) is 109 Å². The number of fused-ring (bicyclic) bond motifs is 1. The zero-order valence-corrected chi connectivity index (χ0v) is 19.6. The zero-order chi connectivity index (χ0) is 22.2. The van der Waals surface area contributed by atoms with E-state index < -0.39 is 0 Å². The summed E-state index contributed by atoms with van der Waals surface area (Å²) in [5.41, 5.74) is 5.83. The number of hydrogen-bond acceptors (Lipinski definition) is 0. The summed E-state index contributed by atoms with van der Waals surface area (Å²) in [7, 11) is 0. The first-order chi connectivity index (χ1) is 15.7. The molecule has 0 amide bonds. The lowest BCUT2D eigenvalue weighted by Gasteiger charge is -2.28. The van der Waals surface area contributed by atoms with Crippen molar-refractivity contribution in [3.05, 3.63) is 108 Å². The van der Waals surface area contributed by atoms with Crippen molar-refractivity contribution < 1.29 is 0 Å². The minimum atomic E-state index is 0.765. The Kier molecular flexibility index (Phi) is 7.99. The molecule has 0 saturated heterocycles. The molecule has 1 aliphatic rings. The summed E-state index contributed by atoms with van der Waals surface area (Å²) in [6.07, 6.45) is 16.4. The second-order valence-electron chi connectivity index (χ2n) is 9.67. The quantitative estimate of drug-likeness (QED) is 0.286. The van der Waals surface area contributed by atoms with Crippen molar-refractivity contribution in [1.29, 1.82) is 0 Å². The van der Waals surface area contributed by atoms with E-state index in [0.717, 1.165) is 37.5 Å². The lowest BCUT2D eigenvalue weighted by Crippen LogP contribution is -2.13. The van der Waals surface area contributed by atoms with Crippen molar-refractivity contribution >= 4 is 10.8 Å². The van der Waals surface area contributed by atoms with Crippen LogP contribution < -0.4 is 0 Å². The van der Waals surface area contributed by atoms with Crippen molar-refractivity contribution in [3.8, 4) is 0 Å². The molecular weight excluding hydrogens is 384 g/mol. The van der Waals surface area contributed by atoms with Crippen LogP contribution in [0.5, 0.6) is 0 Å². The van der Waals surface area contributed by atoms with Gasteiger partial charge < -0.3 is 0 Å². The van der Waals surface area contributed by atoms with Gasteiger partial charge in [-0.2, -0.15) is 0 Å². The predicted octanol–water partition coefficient (Wildman–Crippen LogP) is 8.98. The minimum absolute atomic E-state index is 0.765. The first-order valence-corrected chi connectivity index (χ1v) is 12.6. The van der Waals surface area contributed by atoms with Crippen LogP contribution in [0.25, 0.3) is 10.8 Å². The van der Waals surface area contributed by atoms with E-state index in [-0.39, 0.29) is 0 Å². The molecule has 3 aromatic rings. The average Bonchev–Trinajstić information content (AvgIpc) is 2.85. The summed E-state index contributed by atoms with van der Waals surface area (Å²) in [5, 5.41) is 2.70. The second kappa shape index (κ2) is 11.3.